The molecule has 1 fully saturated rings. The SMILES string of the molecule is CC(C)(C)OC(=O)N[C@H]1C2CCCCC[C@]1(C)c1cc(O)ccc1C2. The van der Waals surface area contributed by atoms with Crippen LogP contribution >= 0.6 is 0 Å². The van der Waals surface area contributed by atoms with Crippen molar-refractivity contribution in [3.63, 3.8) is 0 Å². The van der Waals surface area contributed by atoms with E-state index in [9.17, 15) is 9.90 Å². The fourth-order valence-electron chi connectivity index (χ4n) is 4.71. The number of fused-ring (bicyclic) bond motifs is 4. The maximum Gasteiger partial charge on any atom is 0.407 e. The van der Waals surface area contributed by atoms with Crippen molar-refractivity contribution in [2.45, 2.75) is 83.3 Å². The Labute approximate surface area is 151 Å². The van der Waals surface area contributed by atoms with Crippen LogP contribution in [0.1, 0.15) is 70.9 Å². The Kier molecular flexibility index (Phi) is 4.74. The van der Waals surface area contributed by atoms with Crippen LogP contribution in [-0.4, -0.2) is 22.8 Å². The smallest absolute Gasteiger partial charge is 0.407 e. The van der Waals surface area contributed by atoms with E-state index in [0.29, 0.717) is 11.7 Å². The Hall–Kier alpha value is -1.71. The third-order valence-electron chi connectivity index (χ3n) is 5.79. The summed E-state index contributed by atoms with van der Waals surface area (Å²) in [6.45, 7) is 7.91. The highest BCUT2D eigenvalue weighted by molar-refractivity contribution is 5.69. The molecule has 138 valence electrons. The zero-order chi connectivity index (χ0) is 18.2. The summed E-state index contributed by atoms with van der Waals surface area (Å²) in [5.41, 5.74) is 1.83. The highest BCUT2D eigenvalue weighted by atomic mass is 16.6. The van der Waals surface area contributed by atoms with Crippen molar-refractivity contribution in [1.29, 1.82) is 0 Å². The highest BCUT2D eigenvalue weighted by Gasteiger charge is 2.47. The molecule has 4 heteroatoms. The van der Waals surface area contributed by atoms with Gasteiger partial charge in [-0.2, -0.15) is 0 Å². The van der Waals surface area contributed by atoms with Crippen LogP contribution in [0.3, 0.4) is 0 Å². The van der Waals surface area contributed by atoms with Gasteiger partial charge in [-0.25, -0.2) is 4.79 Å². The molecule has 2 aliphatic carbocycles. The first-order valence-corrected chi connectivity index (χ1v) is 9.51. The zero-order valence-electron chi connectivity index (χ0n) is 15.9. The third-order valence-corrected chi connectivity index (χ3v) is 5.79. The van der Waals surface area contributed by atoms with Crippen LogP contribution in [0.4, 0.5) is 4.79 Å². The number of ether oxygens (including phenoxy) is 1. The summed E-state index contributed by atoms with van der Waals surface area (Å²) in [6.07, 6.45) is 6.34. The summed E-state index contributed by atoms with van der Waals surface area (Å²) in [4.78, 5) is 12.5. The summed E-state index contributed by atoms with van der Waals surface area (Å²) in [6, 6.07) is 5.78. The number of hydrogen-bond donors (Lipinski definition) is 2. The zero-order valence-corrected chi connectivity index (χ0v) is 15.9. The lowest BCUT2D eigenvalue weighted by atomic mass is 9.59. The van der Waals surface area contributed by atoms with Gasteiger partial charge in [-0.15, -0.1) is 0 Å². The molecule has 1 aromatic rings. The molecule has 0 radical (unpaired) electrons. The van der Waals surface area contributed by atoms with Gasteiger partial charge >= 0.3 is 6.09 Å². The number of phenolic OH excluding ortho intramolecular Hbond substituents is 1. The lowest BCUT2D eigenvalue weighted by molar-refractivity contribution is 0.0417. The fraction of sp³-hybridized carbons (Fsp3) is 0.667. The van der Waals surface area contributed by atoms with E-state index in [0.717, 1.165) is 25.7 Å². The number of aromatic hydroxyl groups is 1. The molecule has 4 nitrogen and oxygen atoms in total. The number of carbonyl (C=O) groups is 1. The van der Waals surface area contributed by atoms with Crippen LogP contribution in [-0.2, 0) is 16.6 Å². The van der Waals surface area contributed by atoms with Crippen molar-refractivity contribution in [3.8, 4) is 5.75 Å². The predicted octanol–water partition coefficient (Wildman–Crippen LogP) is 4.68. The van der Waals surface area contributed by atoms with Crippen LogP contribution in [0.25, 0.3) is 0 Å². The van der Waals surface area contributed by atoms with Crippen LogP contribution in [0, 0.1) is 5.92 Å². The van der Waals surface area contributed by atoms with Gasteiger partial charge in [0.05, 0.1) is 0 Å². The molecule has 0 aromatic heterocycles. The van der Waals surface area contributed by atoms with Gasteiger partial charge in [0.2, 0.25) is 0 Å². The first kappa shape index (κ1) is 18.1. The van der Waals surface area contributed by atoms with Gasteiger partial charge in [-0.3, -0.25) is 0 Å². The molecular formula is C21H31NO3. The van der Waals surface area contributed by atoms with Gasteiger partial charge < -0.3 is 15.2 Å². The Morgan fingerprint density at radius 2 is 2.04 bits per heavy atom. The van der Waals surface area contributed by atoms with Gasteiger partial charge in [-0.1, -0.05) is 32.3 Å². The number of alkyl carbamates (subject to hydrolysis) is 1. The second kappa shape index (κ2) is 6.54. The summed E-state index contributed by atoms with van der Waals surface area (Å²) >= 11 is 0. The second-order valence-electron chi connectivity index (χ2n) is 8.95. The van der Waals surface area contributed by atoms with Crippen LogP contribution in [0.15, 0.2) is 18.2 Å². The van der Waals surface area contributed by atoms with E-state index in [-0.39, 0.29) is 17.6 Å². The molecule has 1 amide bonds. The summed E-state index contributed by atoms with van der Waals surface area (Å²) in [7, 11) is 0. The van der Waals surface area contributed by atoms with Crippen molar-refractivity contribution in [2.24, 2.45) is 5.92 Å². The maximum atomic E-state index is 12.5. The molecule has 1 unspecified atom stereocenters. The Morgan fingerprint density at radius 1 is 1.28 bits per heavy atom. The minimum atomic E-state index is -0.502. The van der Waals surface area contributed by atoms with E-state index < -0.39 is 5.60 Å². The van der Waals surface area contributed by atoms with Crippen LogP contribution in [0.5, 0.6) is 5.75 Å². The molecule has 2 bridgehead atoms. The number of benzene rings is 1. The maximum absolute atomic E-state index is 12.5. The van der Waals surface area contributed by atoms with E-state index in [1.54, 1.807) is 6.07 Å². The van der Waals surface area contributed by atoms with E-state index in [4.69, 9.17) is 4.74 Å². The number of rotatable bonds is 1. The van der Waals surface area contributed by atoms with Crippen molar-refractivity contribution >= 4 is 6.09 Å². The highest BCUT2D eigenvalue weighted by Crippen LogP contribution is 2.47. The molecule has 3 rings (SSSR count). The van der Waals surface area contributed by atoms with Gasteiger partial charge in [0.15, 0.2) is 0 Å². The Balaban J connectivity index is 1.96. The number of carbonyl (C=O) groups excluding carboxylic acids is 1. The molecular weight excluding hydrogens is 314 g/mol. The predicted molar refractivity (Wildman–Crippen MR) is 98.9 cm³/mol. The topological polar surface area (TPSA) is 58.6 Å². The lowest BCUT2D eigenvalue weighted by Crippen LogP contribution is -2.57. The molecule has 1 aromatic carbocycles. The van der Waals surface area contributed by atoms with Crippen molar-refractivity contribution in [2.75, 3.05) is 0 Å². The van der Waals surface area contributed by atoms with Gasteiger partial charge in [-0.05, 0) is 69.2 Å². The Bertz CT molecular complexity index is 649. The quantitative estimate of drug-likeness (QED) is 0.777. The van der Waals surface area contributed by atoms with Crippen molar-refractivity contribution in [3.05, 3.63) is 29.3 Å². The first-order chi connectivity index (χ1) is 11.7. The summed E-state index contributed by atoms with van der Waals surface area (Å²) < 4.78 is 5.54. The summed E-state index contributed by atoms with van der Waals surface area (Å²) in [5.74, 6) is 0.714. The van der Waals surface area contributed by atoms with Crippen molar-refractivity contribution in [1.82, 2.24) is 5.32 Å². The average Bonchev–Trinajstić information content (AvgIpc) is 2.49. The van der Waals surface area contributed by atoms with E-state index >= 15 is 0 Å². The Morgan fingerprint density at radius 3 is 2.76 bits per heavy atom. The fourth-order valence-corrected chi connectivity index (χ4v) is 4.71. The van der Waals surface area contributed by atoms with E-state index in [2.05, 4.69) is 18.3 Å². The molecule has 3 atom stereocenters. The number of phenols is 1. The average molecular weight is 345 g/mol. The van der Waals surface area contributed by atoms with Crippen LogP contribution < -0.4 is 5.32 Å². The van der Waals surface area contributed by atoms with Crippen LogP contribution in [0.2, 0.25) is 0 Å². The standard InChI is InChI=1S/C21H31NO3/c1-20(2,3)25-19(24)22-18-15-8-6-5-7-11-21(18,4)17-13-16(23)10-9-14(17)12-15/h9-10,13,15,18,23H,5-8,11-12H2,1-4H3,(H,22,24)/t15?,18-,21+/m0/s1. The van der Waals surface area contributed by atoms with Gasteiger partial charge in [0, 0.05) is 11.5 Å². The second-order valence-corrected chi connectivity index (χ2v) is 8.95. The first-order valence-electron chi connectivity index (χ1n) is 9.51. The number of hydrogen-bond acceptors (Lipinski definition) is 3. The third kappa shape index (κ3) is 3.78. The largest absolute Gasteiger partial charge is 0.508 e. The minimum Gasteiger partial charge on any atom is -0.508 e. The van der Waals surface area contributed by atoms with Crippen molar-refractivity contribution < 1.29 is 14.6 Å². The molecule has 0 heterocycles. The van der Waals surface area contributed by atoms with E-state index in [1.165, 1.54) is 24.0 Å². The molecule has 2 aliphatic rings. The number of nitrogens with one attached hydrogen (secondary N) is 1. The molecule has 0 saturated heterocycles. The van der Waals surface area contributed by atoms with Gasteiger partial charge in [0.1, 0.15) is 11.4 Å². The monoisotopic (exact) mass is 345 g/mol. The molecule has 1 saturated carbocycles. The summed E-state index contributed by atoms with van der Waals surface area (Å²) in [5, 5.41) is 13.2. The lowest BCUT2D eigenvalue weighted by Gasteiger charge is -2.49. The minimum absolute atomic E-state index is 0.0388. The molecule has 2 N–H and O–H groups in total. The molecule has 0 aliphatic heterocycles. The molecule has 25 heavy (non-hydrogen) atoms. The number of amides is 1. The molecule has 0 spiro atoms. The van der Waals surface area contributed by atoms with Gasteiger partial charge in [0.25, 0.3) is 0 Å². The normalized spacial score (nSPS) is 29.1. The van der Waals surface area contributed by atoms with E-state index in [1.807, 2.05) is 26.8 Å².